The average molecular weight is 409 g/mol. The number of pyridine rings is 1. The first-order valence-corrected chi connectivity index (χ1v) is 11.9. The molecule has 3 aliphatic rings. The van der Waals surface area contributed by atoms with Gasteiger partial charge in [0, 0.05) is 30.2 Å². The monoisotopic (exact) mass is 408 g/mol. The fourth-order valence-corrected chi connectivity index (χ4v) is 6.17. The zero-order valence-corrected chi connectivity index (χ0v) is 18.0. The molecule has 0 spiro atoms. The van der Waals surface area contributed by atoms with E-state index in [1.807, 2.05) is 12.3 Å². The molecular formula is C24H32N4S. The van der Waals surface area contributed by atoms with Gasteiger partial charge in [0.05, 0.1) is 17.8 Å². The van der Waals surface area contributed by atoms with Gasteiger partial charge in [-0.15, -0.1) is 0 Å². The van der Waals surface area contributed by atoms with Crippen LogP contribution in [-0.4, -0.2) is 25.6 Å². The quantitative estimate of drug-likeness (QED) is 0.659. The number of hydrogen-bond acceptors (Lipinski definition) is 2. The van der Waals surface area contributed by atoms with Crippen LogP contribution in [0.25, 0.3) is 0 Å². The van der Waals surface area contributed by atoms with Gasteiger partial charge in [0.25, 0.3) is 0 Å². The van der Waals surface area contributed by atoms with E-state index >= 15 is 0 Å². The lowest BCUT2D eigenvalue weighted by Crippen LogP contribution is -2.41. The minimum atomic E-state index is 0.114. The molecular weight excluding hydrogens is 376 g/mol. The lowest BCUT2D eigenvalue weighted by molar-refractivity contribution is 0.187. The highest BCUT2D eigenvalue weighted by Crippen LogP contribution is 2.44. The minimum absolute atomic E-state index is 0.114. The van der Waals surface area contributed by atoms with Gasteiger partial charge in [-0.2, -0.15) is 0 Å². The Bertz CT molecular complexity index is 820. The Morgan fingerprint density at radius 2 is 1.59 bits per heavy atom. The molecule has 0 aromatic carbocycles. The third-order valence-corrected chi connectivity index (χ3v) is 7.51. The van der Waals surface area contributed by atoms with Gasteiger partial charge in [-0.25, -0.2) is 0 Å². The van der Waals surface area contributed by atoms with E-state index in [2.05, 4.69) is 45.2 Å². The molecule has 0 unspecified atom stereocenters. The van der Waals surface area contributed by atoms with Gasteiger partial charge in [0.1, 0.15) is 0 Å². The third kappa shape index (κ3) is 3.70. The van der Waals surface area contributed by atoms with Crippen molar-refractivity contribution in [2.24, 2.45) is 0 Å². The Morgan fingerprint density at radius 3 is 2.28 bits per heavy atom. The molecule has 29 heavy (non-hydrogen) atoms. The molecule has 154 valence electrons. The fourth-order valence-electron chi connectivity index (χ4n) is 5.78. The summed E-state index contributed by atoms with van der Waals surface area (Å²) in [6.45, 7) is 0. The van der Waals surface area contributed by atoms with Crippen molar-refractivity contribution in [1.29, 1.82) is 0 Å². The second kappa shape index (κ2) is 8.47. The zero-order chi connectivity index (χ0) is 19.6. The number of aromatic nitrogens is 2. The normalized spacial score (nSPS) is 26.6. The smallest absolute Gasteiger partial charge is 0.170 e. The molecule has 1 N–H and O–H groups in total. The number of nitrogens with one attached hydrogen (secondary N) is 1. The van der Waals surface area contributed by atoms with E-state index in [0.717, 1.165) is 10.8 Å². The first-order valence-electron chi connectivity index (χ1n) is 11.5. The molecule has 0 bridgehead atoms. The molecule has 0 amide bonds. The topological polar surface area (TPSA) is 33.1 Å². The maximum absolute atomic E-state index is 5.93. The van der Waals surface area contributed by atoms with E-state index in [0.29, 0.717) is 12.1 Å². The van der Waals surface area contributed by atoms with Gasteiger partial charge in [0.2, 0.25) is 0 Å². The summed E-state index contributed by atoms with van der Waals surface area (Å²) >= 11 is 5.93. The van der Waals surface area contributed by atoms with Crippen molar-refractivity contribution in [3.8, 4) is 0 Å². The summed E-state index contributed by atoms with van der Waals surface area (Å²) in [4.78, 5) is 7.26. The van der Waals surface area contributed by atoms with Gasteiger partial charge in [0.15, 0.2) is 5.11 Å². The van der Waals surface area contributed by atoms with E-state index in [4.69, 9.17) is 17.2 Å². The van der Waals surface area contributed by atoms with Gasteiger partial charge in [-0.1, -0.05) is 44.6 Å². The van der Waals surface area contributed by atoms with Crippen LogP contribution in [0.4, 0.5) is 0 Å². The standard InChI is InChI=1S/C24H32N4S/c29-24-26-22(20-14-7-8-16-25-20)23(28(24)19-12-5-2-6-13-19)21-15-9-17-27(21)18-10-3-1-4-11-18/h7-9,14-19,22-23H,1-6,10-13H2,(H,26,29)/t22-,23-/m0/s1. The van der Waals surface area contributed by atoms with E-state index < -0.39 is 0 Å². The van der Waals surface area contributed by atoms with E-state index in [1.165, 1.54) is 69.9 Å². The molecule has 3 heterocycles. The number of nitrogens with zero attached hydrogens (tertiary/aromatic N) is 3. The molecule has 2 saturated carbocycles. The number of rotatable bonds is 4. The highest BCUT2D eigenvalue weighted by atomic mass is 32.1. The third-order valence-electron chi connectivity index (χ3n) is 7.19. The predicted octanol–water partition coefficient (Wildman–Crippen LogP) is 5.69. The van der Waals surface area contributed by atoms with Crippen LogP contribution in [0.3, 0.4) is 0 Å². The van der Waals surface area contributed by atoms with Gasteiger partial charge < -0.3 is 14.8 Å². The molecule has 1 saturated heterocycles. The fraction of sp³-hybridized carbons (Fsp3) is 0.583. The molecule has 2 aromatic heterocycles. The summed E-state index contributed by atoms with van der Waals surface area (Å²) in [6, 6.07) is 12.3. The molecule has 3 fully saturated rings. The van der Waals surface area contributed by atoms with Gasteiger partial charge in [-0.05, 0) is 62.2 Å². The summed E-state index contributed by atoms with van der Waals surface area (Å²) in [7, 11) is 0. The Balaban J connectivity index is 1.55. The first kappa shape index (κ1) is 19.1. The van der Waals surface area contributed by atoms with Crippen molar-refractivity contribution in [2.45, 2.75) is 88.4 Å². The van der Waals surface area contributed by atoms with Crippen LogP contribution >= 0.6 is 12.2 Å². The van der Waals surface area contributed by atoms with Crippen LogP contribution in [0, 0.1) is 0 Å². The second-order valence-corrected chi connectivity index (χ2v) is 9.34. The zero-order valence-electron chi connectivity index (χ0n) is 17.2. The van der Waals surface area contributed by atoms with Crippen LogP contribution in [0.15, 0.2) is 42.7 Å². The van der Waals surface area contributed by atoms with Crippen LogP contribution < -0.4 is 5.32 Å². The summed E-state index contributed by atoms with van der Waals surface area (Å²) < 4.78 is 2.57. The molecule has 5 rings (SSSR count). The maximum Gasteiger partial charge on any atom is 0.170 e. The van der Waals surface area contributed by atoms with Crippen molar-refractivity contribution in [1.82, 2.24) is 19.8 Å². The van der Waals surface area contributed by atoms with Crippen molar-refractivity contribution in [3.05, 3.63) is 54.1 Å². The minimum Gasteiger partial charge on any atom is -0.352 e. The van der Waals surface area contributed by atoms with Crippen molar-refractivity contribution >= 4 is 17.3 Å². The second-order valence-electron chi connectivity index (χ2n) is 8.96. The van der Waals surface area contributed by atoms with Crippen LogP contribution in [0.2, 0.25) is 0 Å². The molecule has 2 atom stereocenters. The largest absolute Gasteiger partial charge is 0.352 e. The van der Waals surface area contributed by atoms with E-state index in [1.54, 1.807) is 0 Å². The molecule has 0 radical (unpaired) electrons. The Hall–Kier alpha value is -1.88. The SMILES string of the molecule is S=C1N[C@@H](c2ccccn2)[C@H](c2cccn2C2CCCCC2)N1C1CCCCC1. The summed E-state index contributed by atoms with van der Waals surface area (Å²) in [5.41, 5.74) is 2.50. The van der Waals surface area contributed by atoms with Gasteiger partial charge in [-0.3, -0.25) is 4.98 Å². The molecule has 2 aromatic rings. The van der Waals surface area contributed by atoms with Crippen molar-refractivity contribution in [3.63, 3.8) is 0 Å². The Morgan fingerprint density at radius 1 is 0.862 bits per heavy atom. The van der Waals surface area contributed by atoms with Gasteiger partial charge >= 0.3 is 0 Å². The lowest BCUT2D eigenvalue weighted by atomic mass is 9.91. The van der Waals surface area contributed by atoms with Crippen molar-refractivity contribution < 1.29 is 0 Å². The summed E-state index contributed by atoms with van der Waals surface area (Å²) in [5, 5.41) is 4.58. The Kier molecular flexibility index (Phi) is 5.58. The predicted molar refractivity (Wildman–Crippen MR) is 121 cm³/mol. The molecule has 4 nitrogen and oxygen atoms in total. The Labute approximate surface area is 179 Å². The van der Waals surface area contributed by atoms with E-state index in [-0.39, 0.29) is 12.1 Å². The van der Waals surface area contributed by atoms with E-state index in [9.17, 15) is 0 Å². The molecule has 5 heteroatoms. The van der Waals surface area contributed by atoms with Crippen LogP contribution in [0.1, 0.15) is 93.7 Å². The van der Waals surface area contributed by atoms with Crippen LogP contribution in [0.5, 0.6) is 0 Å². The highest BCUT2D eigenvalue weighted by Gasteiger charge is 2.44. The van der Waals surface area contributed by atoms with Crippen LogP contribution in [-0.2, 0) is 0 Å². The highest BCUT2D eigenvalue weighted by molar-refractivity contribution is 7.80. The average Bonchev–Trinajstić information content (AvgIpc) is 3.40. The number of thiocarbonyl (C=S) groups is 1. The number of hydrogen-bond donors (Lipinski definition) is 1. The first-order chi connectivity index (χ1) is 14.3. The van der Waals surface area contributed by atoms with Crippen molar-refractivity contribution in [2.75, 3.05) is 0 Å². The maximum atomic E-state index is 5.93. The summed E-state index contributed by atoms with van der Waals surface area (Å²) in [6.07, 6.45) is 17.4. The lowest BCUT2D eigenvalue weighted by Gasteiger charge is -2.38. The summed E-state index contributed by atoms with van der Waals surface area (Å²) in [5.74, 6) is 0. The molecule has 2 aliphatic carbocycles. The molecule has 1 aliphatic heterocycles.